The molecule has 20 heavy (non-hydrogen) atoms. The third-order valence-corrected chi connectivity index (χ3v) is 4.40. The smallest absolute Gasteiger partial charge is 0.348 e. The summed E-state index contributed by atoms with van der Waals surface area (Å²) >= 11 is 6.87. The minimum absolute atomic E-state index is 0.206. The Morgan fingerprint density at radius 3 is 2.55 bits per heavy atom. The van der Waals surface area contributed by atoms with E-state index in [0.717, 1.165) is 22.7 Å². The molecule has 2 rings (SSSR count). The minimum atomic E-state index is -0.527. The number of esters is 1. The lowest BCUT2D eigenvalue weighted by Gasteiger charge is -2.03. The van der Waals surface area contributed by atoms with Gasteiger partial charge in [0.2, 0.25) is 5.78 Å². The summed E-state index contributed by atoms with van der Waals surface area (Å²) in [6.07, 6.45) is 0. The minimum Gasteiger partial charge on any atom is -0.453 e. The number of ether oxygens (including phenoxy) is 1. The second-order valence-electron chi connectivity index (χ2n) is 4.45. The van der Waals surface area contributed by atoms with Crippen molar-refractivity contribution in [2.24, 2.45) is 7.05 Å². The first-order chi connectivity index (χ1) is 9.40. The maximum Gasteiger partial charge on any atom is 0.348 e. The fraction of sp³-hybridized carbons (Fsp3) is 0.286. The van der Waals surface area contributed by atoms with Crippen LogP contribution in [0.5, 0.6) is 0 Å². The molecule has 0 N–H and O–H groups in total. The molecular weight excluding hydrogens is 298 g/mol. The van der Waals surface area contributed by atoms with E-state index in [0.29, 0.717) is 14.8 Å². The largest absolute Gasteiger partial charge is 0.453 e. The highest BCUT2D eigenvalue weighted by Crippen LogP contribution is 2.22. The average Bonchev–Trinajstić information content (AvgIpc) is 2.95. The summed E-state index contributed by atoms with van der Waals surface area (Å²) < 4.78 is 7.45. The van der Waals surface area contributed by atoms with Gasteiger partial charge in [0.1, 0.15) is 4.88 Å². The van der Waals surface area contributed by atoms with E-state index in [2.05, 4.69) is 0 Å². The van der Waals surface area contributed by atoms with Crippen molar-refractivity contribution in [2.45, 2.75) is 13.8 Å². The summed E-state index contributed by atoms with van der Waals surface area (Å²) in [5.41, 5.74) is 2.44. The van der Waals surface area contributed by atoms with Gasteiger partial charge in [-0.25, -0.2) is 4.79 Å². The molecule has 106 valence electrons. The molecule has 2 aromatic rings. The zero-order chi connectivity index (χ0) is 14.9. The summed E-state index contributed by atoms with van der Waals surface area (Å²) in [4.78, 5) is 24.2. The lowest BCUT2D eigenvalue weighted by atomic mass is 10.1. The predicted octanol–water partition coefficient (Wildman–Crippen LogP) is 3.40. The molecule has 6 heteroatoms. The van der Waals surface area contributed by atoms with Gasteiger partial charge < -0.3 is 9.30 Å². The Morgan fingerprint density at radius 2 is 2.05 bits per heavy atom. The molecular formula is C14H14ClNO3S. The number of carbonyl (C=O) groups is 2. The second kappa shape index (κ2) is 5.81. The SMILES string of the molecule is Cc1cc(C(=O)COC(=O)c2ccc(Cl)s2)c(C)n1C. The maximum absolute atomic E-state index is 12.1. The Labute approximate surface area is 125 Å². The van der Waals surface area contributed by atoms with Crippen molar-refractivity contribution in [3.63, 3.8) is 0 Å². The first-order valence-electron chi connectivity index (χ1n) is 5.98. The maximum atomic E-state index is 12.1. The number of ketones is 1. The molecule has 0 aliphatic rings. The zero-order valence-corrected chi connectivity index (χ0v) is 13.0. The van der Waals surface area contributed by atoms with Crippen LogP contribution in [0.2, 0.25) is 4.34 Å². The molecule has 2 heterocycles. The van der Waals surface area contributed by atoms with E-state index in [1.807, 2.05) is 25.5 Å². The number of hydrogen-bond donors (Lipinski definition) is 0. The van der Waals surface area contributed by atoms with Crippen LogP contribution in [-0.2, 0) is 11.8 Å². The van der Waals surface area contributed by atoms with Crippen LogP contribution >= 0.6 is 22.9 Å². The number of carbonyl (C=O) groups excluding carboxylic acids is 2. The normalized spacial score (nSPS) is 10.6. The molecule has 0 unspecified atom stereocenters. The molecule has 0 saturated heterocycles. The fourth-order valence-electron chi connectivity index (χ4n) is 1.84. The Hall–Kier alpha value is -1.59. The number of thiophene rings is 1. The summed E-state index contributed by atoms with van der Waals surface area (Å²) in [7, 11) is 1.89. The Kier molecular flexibility index (Phi) is 4.30. The highest BCUT2D eigenvalue weighted by atomic mass is 35.5. The molecule has 0 aromatic carbocycles. The topological polar surface area (TPSA) is 48.3 Å². The van der Waals surface area contributed by atoms with Crippen LogP contribution in [0.4, 0.5) is 0 Å². The summed E-state index contributed by atoms with van der Waals surface area (Å²) in [5, 5.41) is 0. The number of Topliss-reactive ketones (excluding diaryl/α,β-unsaturated/α-hetero) is 1. The van der Waals surface area contributed by atoms with Crippen LogP contribution in [0.15, 0.2) is 18.2 Å². The van der Waals surface area contributed by atoms with Crippen LogP contribution < -0.4 is 0 Å². The predicted molar refractivity (Wildman–Crippen MR) is 78.8 cm³/mol. The van der Waals surface area contributed by atoms with E-state index in [9.17, 15) is 9.59 Å². The van der Waals surface area contributed by atoms with E-state index >= 15 is 0 Å². The number of hydrogen-bond acceptors (Lipinski definition) is 4. The van der Waals surface area contributed by atoms with Gasteiger partial charge in [-0.2, -0.15) is 0 Å². The van der Waals surface area contributed by atoms with Gasteiger partial charge in [-0.05, 0) is 32.0 Å². The van der Waals surface area contributed by atoms with Crippen LogP contribution in [-0.4, -0.2) is 22.9 Å². The number of halogens is 1. The van der Waals surface area contributed by atoms with Crippen molar-refractivity contribution < 1.29 is 14.3 Å². The van der Waals surface area contributed by atoms with Crippen molar-refractivity contribution in [1.29, 1.82) is 0 Å². The molecule has 2 aromatic heterocycles. The van der Waals surface area contributed by atoms with E-state index in [-0.39, 0.29) is 12.4 Å². The molecule has 0 amide bonds. The van der Waals surface area contributed by atoms with Crippen molar-refractivity contribution in [1.82, 2.24) is 4.57 Å². The highest BCUT2D eigenvalue weighted by Gasteiger charge is 2.17. The Balaban J connectivity index is 2.02. The third-order valence-electron chi connectivity index (χ3n) is 3.18. The average molecular weight is 312 g/mol. The van der Waals surface area contributed by atoms with Crippen LogP contribution in [0.1, 0.15) is 31.4 Å². The number of nitrogens with zero attached hydrogens (tertiary/aromatic N) is 1. The quantitative estimate of drug-likeness (QED) is 0.642. The molecule has 0 bridgehead atoms. The van der Waals surface area contributed by atoms with Gasteiger partial charge in [0.25, 0.3) is 0 Å². The van der Waals surface area contributed by atoms with E-state index in [1.54, 1.807) is 18.2 Å². The summed E-state index contributed by atoms with van der Waals surface area (Å²) in [6, 6.07) is 5.00. The molecule has 0 atom stereocenters. The third kappa shape index (κ3) is 2.94. The van der Waals surface area contributed by atoms with Gasteiger partial charge in [-0.1, -0.05) is 11.6 Å². The molecule has 0 aliphatic heterocycles. The lowest BCUT2D eigenvalue weighted by Crippen LogP contribution is -2.14. The number of aryl methyl sites for hydroxylation is 1. The molecule has 0 aliphatic carbocycles. The second-order valence-corrected chi connectivity index (χ2v) is 6.16. The van der Waals surface area contributed by atoms with E-state index < -0.39 is 5.97 Å². The van der Waals surface area contributed by atoms with Crippen LogP contribution in [0.25, 0.3) is 0 Å². The molecule has 4 nitrogen and oxygen atoms in total. The Morgan fingerprint density at radius 1 is 1.35 bits per heavy atom. The van der Waals surface area contributed by atoms with Gasteiger partial charge in [0.05, 0.1) is 4.34 Å². The van der Waals surface area contributed by atoms with Gasteiger partial charge in [-0.15, -0.1) is 11.3 Å². The molecule has 0 fully saturated rings. The molecule has 0 radical (unpaired) electrons. The van der Waals surface area contributed by atoms with Crippen molar-refractivity contribution in [3.05, 3.63) is 44.4 Å². The van der Waals surface area contributed by atoms with Gasteiger partial charge in [0, 0.05) is 24.0 Å². The molecule has 0 saturated carbocycles. The van der Waals surface area contributed by atoms with Crippen molar-refractivity contribution in [2.75, 3.05) is 6.61 Å². The standard InChI is InChI=1S/C14H14ClNO3S/c1-8-6-10(9(2)16(8)3)11(17)7-19-14(18)12-4-5-13(15)20-12/h4-6H,7H2,1-3H3. The van der Waals surface area contributed by atoms with Crippen LogP contribution in [0.3, 0.4) is 0 Å². The van der Waals surface area contributed by atoms with Gasteiger partial charge >= 0.3 is 5.97 Å². The van der Waals surface area contributed by atoms with Gasteiger partial charge in [0.15, 0.2) is 6.61 Å². The summed E-state index contributed by atoms with van der Waals surface area (Å²) in [6.45, 7) is 3.52. The zero-order valence-electron chi connectivity index (χ0n) is 11.4. The van der Waals surface area contributed by atoms with Crippen LogP contribution in [0, 0.1) is 13.8 Å². The summed E-state index contributed by atoms with van der Waals surface area (Å²) in [5.74, 6) is -0.734. The van der Waals surface area contributed by atoms with Crippen molar-refractivity contribution in [3.8, 4) is 0 Å². The van der Waals surface area contributed by atoms with E-state index in [1.165, 1.54) is 0 Å². The first kappa shape index (κ1) is 14.8. The van der Waals surface area contributed by atoms with Gasteiger partial charge in [-0.3, -0.25) is 4.79 Å². The molecule has 0 spiro atoms. The highest BCUT2D eigenvalue weighted by molar-refractivity contribution is 7.17. The Bertz CT molecular complexity index is 672. The monoisotopic (exact) mass is 311 g/mol. The van der Waals surface area contributed by atoms with E-state index in [4.69, 9.17) is 16.3 Å². The fourth-order valence-corrected chi connectivity index (χ4v) is 2.78. The first-order valence-corrected chi connectivity index (χ1v) is 7.18. The number of rotatable bonds is 4. The van der Waals surface area contributed by atoms with Crippen molar-refractivity contribution >= 4 is 34.7 Å². The number of aromatic nitrogens is 1. The lowest BCUT2D eigenvalue weighted by molar-refractivity contribution is 0.0479.